The summed E-state index contributed by atoms with van der Waals surface area (Å²) in [6.07, 6.45) is 7.03. The number of hydrogen-bond donors (Lipinski definition) is 2. The average molecular weight is 233 g/mol. The predicted molar refractivity (Wildman–Crippen MR) is 70.6 cm³/mol. The number of nitrogens with one attached hydrogen (secondary N) is 1. The third-order valence-electron chi connectivity index (χ3n) is 3.66. The molecule has 2 rings (SSSR count). The monoisotopic (exact) mass is 233 g/mol. The molecule has 0 amide bonds. The van der Waals surface area contributed by atoms with Gasteiger partial charge in [0.05, 0.1) is 6.61 Å². The van der Waals surface area contributed by atoms with Crippen molar-refractivity contribution in [3.8, 4) is 0 Å². The molecule has 1 aromatic rings. The van der Waals surface area contributed by atoms with Crippen molar-refractivity contribution in [3.63, 3.8) is 0 Å². The molecule has 0 aromatic heterocycles. The minimum absolute atomic E-state index is 0.135. The average Bonchev–Trinajstić information content (AvgIpc) is 2.40. The number of rotatable bonds is 5. The van der Waals surface area contributed by atoms with Crippen molar-refractivity contribution < 1.29 is 5.11 Å². The molecule has 0 aliphatic heterocycles. The van der Waals surface area contributed by atoms with Gasteiger partial charge >= 0.3 is 0 Å². The molecule has 0 radical (unpaired) electrons. The van der Waals surface area contributed by atoms with Gasteiger partial charge in [-0.3, -0.25) is 0 Å². The van der Waals surface area contributed by atoms with E-state index in [2.05, 4.69) is 17.4 Å². The Balaban J connectivity index is 1.73. The zero-order valence-corrected chi connectivity index (χ0v) is 10.5. The molecule has 2 N–H and O–H groups in total. The molecular formula is C15H23NO. The molecule has 0 spiro atoms. The van der Waals surface area contributed by atoms with Crippen molar-refractivity contribution in [2.75, 3.05) is 6.54 Å². The van der Waals surface area contributed by atoms with E-state index < -0.39 is 0 Å². The van der Waals surface area contributed by atoms with Crippen LogP contribution < -0.4 is 5.32 Å². The van der Waals surface area contributed by atoms with Crippen LogP contribution >= 0.6 is 0 Å². The Morgan fingerprint density at radius 3 is 2.65 bits per heavy atom. The quantitative estimate of drug-likeness (QED) is 0.819. The standard InChI is InChI=1S/C15H23NO/c17-12-15-8-4-7-14(9-15)11-16-10-13-5-2-1-3-6-13/h4,7-9,13,16-17H,1-3,5-6,10-12H2. The van der Waals surface area contributed by atoms with Crippen molar-refractivity contribution in [1.29, 1.82) is 0 Å². The highest BCUT2D eigenvalue weighted by Crippen LogP contribution is 2.22. The van der Waals surface area contributed by atoms with E-state index in [0.717, 1.165) is 24.6 Å². The Kier molecular flexibility index (Phi) is 5.02. The predicted octanol–water partition coefficient (Wildman–Crippen LogP) is 2.85. The van der Waals surface area contributed by atoms with E-state index in [1.807, 2.05) is 12.1 Å². The second kappa shape index (κ2) is 6.77. The lowest BCUT2D eigenvalue weighted by molar-refractivity contribution is 0.281. The van der Waals surface area contributed by atoms with Crippen LogP contribution in [0.4, 0.5) is 0 Å². The Bertz CT molecular complexity index is 331. The van der Waals surface area contributed by atoms with Crippen LogP contribution in [0, 0.1) is 5.92 Å². The minimum atomic E-state index is 0.135. The van der Waals surface area contributed by atoms with E-state index in [1.165, 1.54) is 37.7 Å². The second-order valence-corrected chi connectivity index (χ2v) is 5.11. The van der Waals surface area contributed by atoms with Crippen molar-refractivity contribution in [2.45, 2.75) is 45.3 Å². The molecule has 1 fully saturated rings. The molecular weight excluding hydrogens is 210 g/mol. The topological polar surface area (TPSA) is 32.3 Å². The Morgan fingerprint density at radius 2 is 1.88 bits per heavy atom. The van der Waals surface area contributed by atoms with Gasteiger partial charge in [0.15, 0.2) is 0 Å². The van der Waals surface area contributed by atoms with E-state index in [-0.39, 0.29) is 6.61 Å². The molecule has 1 aromatic carbocycles. The van der Waals surface area contributed by atoms with E-state index >= 15 is 0 Å². The summed E-state index contributed by atoms with van der Waals surface area (Å²) in [4.78, 5) is 0. The lowest BCUT2D eigenvalue weighted by atomic mass is 9.89. The van der Waals surface area contributed by atoms with Crippen molar-refractivity contribution >= 4 is 0 Å². The number of aliphatic hydroxyl groups excluding tert-OH is 1. The summed E-state index contributed by atoms with van der Waals surface area (Å²) in [6.45, 7) is 2.20. The van der Waals surface area contributed by atoms with Crippen LogP contribution in [0.15, 0.2) is 24.3 Å². The van der Waals surface area contributed by atoms with Gasteiger partial charge in [-0.1, -0.05) is 43.5 Å². The van der Waals surface area contributed by atoms with Gasteiger partial charge in [0.2, 0.25) is 0 Å². The molecule has 2 nitrogen and oxygen atoms in total. The van der Waals surface area contributed by atoms with Crippen LogP contribution in [0.1, 0.15) is 43.2 Å². The molecule has 1 saturated carbocycles. The molecule has 17 heavy (non-hydrogen) atoms. The van der Waals surface area contributed by atoms with Gasteiger partial charge in [-0.05, 0) is 36.4 Å². The first kappa shape index (κ1) is 12.6. The SMILES string of the molecule is OCc1cccc(CNCC2CCCCC2)c1. The van der Waals surface area contributed by atoms with Gasteiger partial charge in [-0.25, -0.2) is 0 Å². The number of aliphatic hydroxyl groups is 1. The molecule has 0 atom stereocenters. The van der Waals surface area contributed by atoms with Crippen LogP contribution in [-0.2, 0) is 13.2 Å². The van der Waals surface area contributed by atoms with Crippen molar-refractivity contribution in [2.24, 2.45) is 5.92 Å². The molecule has 1 aliphatic rings. The fourth-order valence-electron chi connectivity index (χ4n) is 2.65. The maximum atomic E-state index is 9.07. The van der Waals surface area contributed by atoms with Gasteiger partial charge in [0.1, 0.15) is 0 Å². The third-order valence-corrected chi connectivity index (χ3v) is 3.66. The first-order valence-electron chi connectivity index (χ1n) is 6.78. The molecule has 0 bridgehead atoms. The highest BCUT2D eigenvalue weighted by molar-refractivity contribution is 5.22. The maximum absolute atomic E-state index is 9.07. The van der Waals surface area contributed by atoms with Crippen molar-refractivity contribution in [3.05, 3.63) is 35.4 Å². The Hall–Kier alpha value is -0.860. The number of benzene rings is 1. The van der Waals surface area contributed by atoms with Crippen LogP contribution in [0.25, 0.3) is 0 Å². The lowest BCUT2D eigenvalue weighted by Gasteiger charge is -2.21. The van der Waals surface area contributed by atoms with E-state index in [9.17, 15) is 0 Å². The summed E-state index contributed by atoms with van der Waals surface area (Å²) in [6, 6.07) is 8.18. The normalized spacial score (nSPS) is 17.2. The van der Waals surface area contributed by atoms with Gasteiger partial charge < -0.3 is 10.4 Å². The van der Waals surface area contributed by atoms with E-state index in [1.54, 1.807) is 0 Å². The van der Waals surface area contributed by atoms with Gasteiger partial charge in [0.25, 0.3) is 0 Å². The lowest BCUT2D eigenvalue weighted by Crippen LogP contribution is -2.24. The summed E-state index contributed by atoms with van der Waals surface area (Å²) in [5.74, 6) is 0.879. The van der Waals surface area contributed by atoms with Crippen LogP contribution in [0.5, 0.6) is 0 Å². The van der Waals surface area contributed by atoms with Crippen molar-refractivity contribution in [1.82, 2.24) is 5.32 Å². The zero-order chi connectivity index (χ0) is 11.9. The summed E-state index contributed by atoms with van der Waals surface area (Å²) in [5, 5.41) is 12.6. The van der Waals surface area contributed by atoms with E-state index in [4.69, 9.17) is 5.11 Å². The fraction of sp³-hybridized carbons (Fsp3) is 0.600. The van der Waals surface area contributed by atoms with Gasteiger partial charge in [-0.2, -0.15) is 0 Å². The molecule has 0 saturated heterocycles. The molecule has 0 unspecified atom stereocenters. The third kappa shape index (κ3) is 4.14. The summed E-state index contributed by atoms with van der Waals surface area (Å²) < 4.78 is 0. The second-order valence-electron chi connectivity index (χ2n) is 5.11. The summed E-state index contributed by atoms with van der Waals surface area (Å²) in [7, 11) is 0. The minimum Gasteiger partial charge on any atom is -0.392 e. The fourth-order valence-corrected chi connectivity index (χ4v) is 2.65. The highest BCUT2D eigenvalue weighted by Gasteiger charge is 2.12. The van der Waals surface area contributed by atoms with E-state index in [0.29, 0.717) is 0 Å². The zero-order valence-electron chi connectivity index (χ0n) is 10.5. The number of hydrogen-bond acceptors (Lipinski definition) is 2. The summed E-state index contributed by atoms with van der Waals surface area (Å²) in [5.41, 5.74) is 2.27. The summed E-state index contributed by atoms with van der Waals surface area (Å²) >= 11 is 0. The van der Waals surface area contributed by atoms with Crippen LogP contribution in [0.3, 0.4) is 0 Å². The van der Waals surface area contributed by atoms with Crippen LogP contribution in [0.2, 0.25) is 0 Å². The van der Waals surface area contributed by atoms with Gasteiger partial charge in [0, 0.05) is 6.54 Å². The smallest absolute Gasteiger partial charge is 0.0681 e. The Morgan fingerprint density at radius 1 is 1.12 bits per heavy atom. The first-order valence-corrected chi connectivity index (χ1v) is 6.78. The highest BCUT2D eigenvalue weighted by atomic mass is 16.3. The largest absolute Gasteiger partial charge is 0.392 e. The first-order chi connectivity index (χ1) is 8.38. The Labute approximate surface area is 104 Å². The molecule has 1 aliphatic carbocycles. The molecule has 2 heteroatoms. The maximum Gasteiger partial charge on any atom is 0.0681 e. The molecule has 94 valence electrons. The van der Waals surface area contributed by atoms with Crippen LogP contribution in [-0.4, -0.2) is 11.7 Å². The van der Waals surface area contributed by atoms with Gasteiger partial charge in [-0.15, -0.1) is 0 Å². The molecule has 0 heterocycles.